The highest BCUT2D eigenvalue weighted by atomic mass is 32.1. The molecule has 4 heteroatoms. The fourth-order valence-corrected chi connectivity index (χ4v) is 3.10. The van der Waals surface area contributed by atoms with Gasteiger partial charge in [-0.3, -0.25) is 0 Å². The molecule has 140 valence electrons. The zero-order valence-electron chi connectivity index (χ0n) is 16.5. The van der Waals surface area contributed by atoms with E-state index in [1.165, 1.54) is 29.7 Å². The van der Waals surface area contributed by atoms with Gasteiger partial charge in [0, 0.05) is 38.6 Å². The molecule has 2 aromatic rings. The molecule has 0 aromatic heterocycles. The second-order valence-corrected chi connectivity index (χ2v) is 7.19. The van der Waals surface area contributed by atoms with Gasteiger partial charge in [-0.15, -0.1) is 0 Å². The Morgan fingerprint density at radius 3 is 2.08 bits per heavy atom. The first kappa shape index (κ1) is 20.2. The van der Waals surface area contributed by atoms with Crippen LogP contribution in [0.5, 0.6) is 0 Å². The second-order valence-electron chi connectivity index (χ2n) is 6.81. The van der Waals surface area contributed by atoms with E-state index in [0.29, 0.717) is 0 Å². The molecule has 0 spiro atoms. The van der Waals surface area contributed by atoms with Crippen molar-refractivity contribution >= 4 is 28.7 Å². The molecule has 3 nitrogen and oxygen atoms in total. The summed E-state index contributed by atoms with van der Waals surface area (Å²) in [6.45, 7) is 6.04. The number of thiocarbonyl (C=S) groups is 1. The van der Waals surface area contributed by atoms with Crippen LogP contribution in [0.3, 0.4) is 0 Å². The Bertz CT molecular complexity index is 678. The molecule has 26 heavy (non-hydrogen) atoms. The van der Waals surface area contributed by atoms with Crippen molar-refractivity contribution in [1.29, 1.82) is 0 Å². The highest BCUT2D eigenvalue weighted by molar-refractivity contribution is 7.80. The summed E-state index contributed by atoms with van der Waals surface area (Å²) in [6, 6.07) is 17.3. The topological polar surface area (TPSA) is 18.5 Å². The molecule has 2 aromatic carbocycles. The summed E-state index contributed by atoms with van der Waals surface area (Å²) in [4.78, 5) is 4.29. The minimum atomic E-state index is 0.769. The lowest BCUT2D eigenvalue weighted by molar-refractivity contribution is 0.442. The Hall–Kier alpha value is -2.07. The predicted octanol–water partition coefficient (Wildman–Crippen LogP) is 5.31. The van der Waals surface area contributed by atoms with Crippen molar-refractivity contribution in [3.8, 4) is 0 Å². The molecule has 1 N–H and O–H groups in total. The average molecular weight is 370 g/mol. The Balaban J connectivity index is 1.95. The van der Waals surface area contributed by atoms with E-state index in [1.54, 1.807) is 0 Å². The number of hydrogen-bond donors (Lipinski definition) is 1. The van der Waals surface area contributed by atoms with E-state index < -0.39 is 0 Å². The zero-order chi connectivity index (χ0) is 18.9. The third kappa shape index (κ3) is 6.03. The number of rotatable bonds is 8. The van der Waals surface area contributed by atoms with Crippen molar-refractivity contribution in [3.63, 3.8) is 0 Å². The monoisotopic (exact) mass is 369 g/mol. The quantitative estimate of drug-likeness (QED) is 0.635. The molecule has 0 fully saturated rings. The van der Waals surface area contributed by atoms with Crippen LogP contribution in [-0.4, -0.2) is 30.7 Å². The smallest absolute Gasteiger partial charge is 0.173 e. The summed E-state index contributed by atoms with van der Waals surface area (Å²) < 4.78 is 0. The molecule has 0 aliphatic rings. The Morgan fingerprint density at radius 1 is 0.923 bits per heavy atom. The van der Waals surface area contributed by atoms with Crippen LogP contribution >= 0.6 is 12.2 Å². The number of nitrogens with one attached hydrogen (secondary N) is 1. The molecule has 2 rings (SSSR count). The molecule has 0 atom stereocenters. The van der Waals surface area contributed by atoms with Crippen molar-refractivity contribution in [2.24, 2.45) is 0 Å². The Labute approximate surface area is 164 Å². The lowest BCUT2D eigenvalue weighted by Gasteiger charge is -2.25. The maximum absolute atomic E-state index is 5.63. The number of benzene rings is 2. The number of anilines is 2. The molecular formula is C22H31N3S. The van der Waals surface area contributed by atoms with Gasteiger partial charge in [0.05, 0.1) is 0 Å². The second kappa shape index (κ2) is 10.2. The summed E-state index contributed by atoms with van der Waals surface area (Å²) in [6.07, 6.45) is 3.61. The number of hydrogen-bond acceptors (Lipinski definition) is 2. The molecule has 0 aliphatic heterocycles. The van der Waals surface area contributed by atoms with Crippen molar-refractivity contribution in [2.45, 2.75) is 39.7 Å². The first-order valence-electron chi connectivity index (χ1n) is 9.44. The van der Waals surface area contributed by atoms with Crippen molar-refractivity contribution in [3.05, 3.63) is 59.7 Å². The van der Waals surface area contributed by atoms with E-state index in [2.05, 4.69) is 91.6 Å². The highest BCUT2D eigenvalue weighted by Crippen LogP contribution is 2.16. The summed E-state index contributed by atoms with van der Waals surface area (Å²) in [5.41, 5.74) is 4.91. The van der Waals surface area contributed by atoms with E-state index in [9.17, 15) is 0 Å². The van der Waals surface area contributed by atoms with Gasteiger partial charge in [-0.1, -0.05) is 37.6 Å². The third-order valence-corrected chi connectivity index (χ3v) is 4.88. The van der Waals surface area contributed by atoms with Crippen molar-refractivity contribution in [2.75, 3.05) is 30.9 Å². The summed E-state index contributed by atoms with van der Waals surface area (Å²) in [5.74, 6) is 0. The fraction of sp³-hybridized carbons (Fsp3) is 0.409. The van der Waals surface area contributed by atoms with Gasteiger partial charge >= 0.3 is 0 Å². The molecule has 0 unspecified atom stereocenters. The molecule has 0 saturated heterocycles. The van der Waals surface area contributed by atoms with Crippen LogP contribution in [0, 0.1) is 0 Å². The van der Waals surface area contributed by atoms with E-state index in [4.69, 9.17) is 12.2 Å². The lowest BCUT2D eigenvalue weighted by Crippen LogP contribution is -2.34. The Morgan fingerprint density at radius 2 is 1.54 bits per heavy atom. The van der Waals surface area contributed by atoms with Gasteiger partial charge in [0.2, 0.25) is 0 Å². The lowest BCUT2D eigenvalue weighted by atomic mass is 10.1. The summed E-state index contributed by atoms with van der Waals surface area (Å²) in [5, 5.41) is 4.14. The average Bonchev–Trinajstić information content (AvgIpc) is 2.65. The van der Waals surface area contributed by atoms with Crippen molar-refractivity contribution < 1.29 is 0 Å². The van der Waals surface area contributed by atoms with Gasteiger partial charge in [0.15, 0.2) is 5.11 Å². The van der Waals surface area contributed by atoms with Crippen LogP contribution in [0.25, 0.3) is 0 Å². The van der Waals surface area contributed by atoms with Gasteiger partial charge < -0.3 is 15.1 Å². The zero-order valence-corrected chi connectivity index (χ0v) is 17.3. The number of aryl methyl sites for hydroxylation is 1. The minimum absolute atomic E-state index is 0.769. The molecule has 0 heterocycles. The summed E-state index contributed by atoms with van der Waals surface area (Å²) in [7, 11) is 4.11. The van der Waals surface area contributed by atoms with Crippen LogP contribution in [0.1, 0.15) is 37.8 Å². The SMILES string of the molecule is CCCCc1ccc(NC(=S)N(CC)Cc2ccc(N(C)C)cc2)cc1. The largest absolute Gasteiger partial charge is 0.378 e. The van der Waals surface area contributed by atoms with Crippen LogP contribution in [-0.2, 0) is 13.0 Å². The minimum Gasteiger partial charge on any atom is -0.378 e. The molecule has 0 aliphatic carbocycles. The highest BCUT2D eigenvalue weighted by Gasteiger charge is 2.09. The predicted molar refractivity (Wildman–Crippen MR) is 118 cm³/mol. The Kier molecular flexibility index (Phi) is 7.92. The standard InChI is InChI=1S/C22H31N3S/c1-5-7-8-18-9-13-20(14-10-18)23-22(26)25(6-2)17-19-11-15-21(16-12-19)24(3)4/h9-16H,5-8,17H2,1-4H3,(H,23,26). The first-order chi connectivity index (χ1) is 12.5. The molecule has 0 bridgehead atoms. The van der Waals surface area contributed by atoms with E-state index in [1.807, 2.05) is 0 Å². The summed E-state index contributed by atoms with van der Waals surface area (Å²) >= 11 is 5.63. The van der Waals surface area contributed by atoms with E-state index >= 15 is 0 Å². The molecular weight excluding hydrogens is 338 g/mol. The van der Waals surface area contributed by atoms with Gasteiger partial charge in [0.25, 0.3) is 0 Å². The van der Waals surface area contributed by atoms with Gasteiger partial charge in [-0.25, -0.2) is 0 Å². The third-order valence-electron chi connectivity index (χ3n) is 4.52. The van der Waals surface area contributed by atoms with Crippen LogP contribution in [0.2, 0.25) is 0 Å². The molecule has 0 radical (unpaired) electrons. The fourth-order valence-electron chi connectivity index (χ4n) is 2.79. The molecule has 0 saturated carbocycles. The van der Waals surface area contributed by atoms with Crippen LogP contribution in [0.15, 0.2) is 48.5 Å². The number of unbranched alkanes of at least 4 members (excludes halogenated alkanes) is 1. The first-order valence-corrected chi connectivity index (χ1v) is 9.85. The molecule has 0 amide bonds. The maximum Gasteiger partial charge on any atom is 0.173 e. The van der Waals surface area contributed by atoms with Crippen LogP contribution < -0.4 is 10.2 Å². The number of nitrogens with zero attached hydrogens (tertiary/aromatic N) is 2. The van der Waals surface area contributed by atoms with Gasteiger partial charge in [-0.2, -0.15) is 0 Å². The van der Waals surface area contributed by atoms with Crippen molar-refractivity contribution in [1.82, 2.24) is 4.90 Å². The van der Waals surface area contributed by atoms with Crippen LogP contribution in [0.4, 0.5) is 11.4 Å². The van der Waals surface area contributed by atoms with E-state index in [-0.39, 0.29) is 0 Å². The van der Waals surface area contributed by atoms with Gasteiger partial charge in [0.1, 0.15) is 0 Å². The van der Waals surface area contributed by atoms with E-state index in [0.717, 1.165) is 30.3 Å². The van der Waals surface area contributed by atoms with Gasteiger partial charge in [-0.05, 0) is 67.4 Å². The normalized spacial score (nSPS) is 10.5. The maximum atomic E-state index is 5.63.